The Morgan fingerprint density at radius 2 is 2.07 bits per heavy atom. The molecule has 0 bridgehead atoms. The highest BCUT2D eigenvalue weighted by atomic mass is 32.2. The summed E-state index contributed by atoms with van der Waals surface area (Å²) in [6.07, 6.45) is 0.0382. The van der Waals surface area contributed by atoms with E-state index in [1.54, 1.807) is 0 Å². The molecule has 14 heavy (non-hydrogen) atoms. The van der Waals surface area contributed by atoms with Crippen molar-refractivity contribution in [3.8, 4) is 6.01 Å². The molecule has 0 fully saturated rings. The number of nitrogens with zero attached hydrogens (tertiary/aromatic N) is 3. The molecule has 1 aromatic heterocycles. The van der Waals surface area contributed by atoms with E-state index in [2.05, 4.69) is 15.0 Å². The van der Waals surface area contributed by atoms with Crippen molar-refractivity contribution in [1.29, 1.82) is 0 Å². The van der Waals surface area contributed by atoms with Crippen molar-refractivity contribution < 1.29 is 4.74 Å². The zero-order valence-electron chi connectivity index (χ0n) is 8.52. The molecule has 0 aromatic carbocycles. The Balaban J connectivity index is 2.83. The maximum absolute atomic E-state index is 5.51. The highest BCUT2D eigenvalue weighted by molar-refractivity contribution is 7.99. The number of aromatic nitrogens is 3. The van der Waals surface area contributed by atoms with E-state index in [9.17, 15) is 0 Å². The van der Waals surface area contributed by atoms with Gasteiger partial charge in [0.25, 0.3) is 0 Å². The number of rotatable bonds is 4. The zero-order valence-corrected chi connectivity index (χ0v) is 9.34. The van der Waals surface area contributed by atoms with E-state index < -0.39 is 0 Å². The van der Waals surface area contributed by atoms with Gasteiger partial charge in [-0.3, -0.25) is 0 Å². The van der Waals surface area contributed by atoms with Gasteiger partial charge in [0.05, 0.1) is 6.10 Å². The topological polar surface area (TPSA) is 73.9 Å². The van der Waals surface area contributed by atoms with E-state index in [1.807, 2.05) is 20.8 Å². The summed E-state index contributed by atoms with van der Waals surface area (Å²) in [5.41, 5.74) is 5.51. The Bertz CT molecular complexity index is 305. The minimum atomic E-state index is 0.0382. The molecule has 1 heterocycles. The molecular formula is C8H14N4OS. The fourth-order valence-corrected chi connectivity index (χ4v) is 1.37. The van der Waals surface area contributed by atoms with Gasteiger partial charge >= 0.3 is 6.01 Å². The smallest absolute Gasteiger partial charge is 0.322 e. The molecule has 0 saturated heterocycles. The van der Waals surface area contributed by atoms with Crippen molar-refractivity contribution in [2.75, 3.05) is 11.5 Å². The Morgan fingerprint density at radius 1 is 1.36 bits per heavy atom. The summed E-state index contributed by atoms with van der Waals surface area (Å²) >= 11 is 1.51. The predicted molar refractivity (Wildman–Crippen MR) is 56.4 cm³/mol. The summed E-state index contributed by atoms with van der Waals surface area (Å²) in [6.45, 7) is 5.84. The van der Waals surface area contributed by atoms with Gasteiger partial charge in [-0.1, -0.05) is 18.7 Å². The number of hydrogen-bond acceptors (Lipinski definition) is 6. The van der Waals surface area contributed by atoms with Crippen LogP contribution >= 0.6 is 11.8 Å². The lowest BCUT2D eigenvalue weighted by molar-refractivity contribution is 0.219. The lowest BCUT2D eigenvalue weighted by Gasteiger charge is -2.08. The van der Waals surface area contributed by atoms with Gasteiger partial charge in [-0.2, -0.15) is 15.0 Å². The molecule has 1 rings (SSSR count). The molecule has 0 spiro atoms. The maximum Gasteiger partial charge on any atom is 0.322 e. The minimum Gasteiger partial charge on any atom is -0.461 e. The van der Waals surface area contributed by atoms with E-state index in [4.69, 9.17) is 10.5 Å². The van der Waals surface area contributed by atoms with Crippen LogP contribution < -0.4 is 10.5 Å². The van der Waals surface area contributed by atoms with Crippen LogP contribution in [0.15, 0.2) is 5.16 Å². The van der Waals surface area contributed by atoms with Crippen molar-refractivity contribution in [2.24, 2.45) is 0 Å². The van der Waals surface area contributed by atoms with E-state index in [-0.39, 0.29) is 12.1 Å². The van der Waals surface area contributed by atoms with E-state index >= 15 is 0 Å². The SMILES string of the molecule is CCSc1nc(N)nc(OC(C)C)n1. The van der Waals surface area contributed by atoms with Gasteiger partial charge in [0.1, 0.15) is 0 Å². The Hall–Kier alpha value is -1.04. The number of ether oxygens (including phenoxy) is 1. The van der Waals surface area contributed by atoms with Crippen molar-refractivity contribution in [3.63, 3.8) is 0 Å². The van der Waals surface area contributed by atoms with Crippen LogP contribution in [-0.4, -0.2) is 26.8 Å². The van der Waals surface area contributed by atoms with Crippen LogP contribution in [-0.2, 0) is 0 Å². The van der Waals surface area contributed by atoms with Crippen LogP contribution in [0.1, 0.15) is 20.8 Å². The molecular weight excluding hydrogens is 200 g/mol. The third-order valence-electron chi connectivity index (χ3n) is 1.23. The second kappa shape index (κ2) is 4.99. The van der Waals surface area contributed by atoms with E-state index in [0.717, 1.165) is 5.75 Å². The number of nitrogens with two attached hydrogens (primary N) is 1. The summed E-state index contributed by atoms with van der Waals surface area (Å²) in [4.78, 5) is 11.9. The average molecular weight is 214 g/mol. The molecule has 0 aliphatic rings. The lowest BCUT2D eigenvalue weighted by atomic mass is 10.5. The van der Waals surface area contributed by atoms with Crippen LogP contribution in [0.2, 0.25) is 0 Å². The molecule has 0 aliphatic carbocycles. The fraction of sp³-hybridized carbons (Fsp3) is 0.625. The van der Waals surface area contributed by atoms with E-state index in [1.165, 1.54) is 11.8 Å². The first kappa shape index (κ1) is 11.0. The van der Waals surface area contributed by atoms with Gasteiger partial charge in [-0.15, -0.1) is 0 Å². The number of anilines is 1. The maximum atomic E-state index is 5.51. The van der Waals surface area contributed by atoms with E-state index in [0.29, 0.717) is 11.2 Å². The predicted octanol–water partition coefficient (Wildman–Crippen LogP) is 1.35. The molecule has 0 atom stereocenters. The molecule has 5 nitrogen and oxygen atoms in total. The van der Waals surface area contributed by atoms with Gasteiger partial charge in [-0.05, 0) is 19.6 Å². The van der Waals surface area contributed by atoms with Crippen LogP contribution in [0.5, 0.6) is 6.01 Å². The number of nitrogen functional groups attached to an aromatic ring is 1. The number of thioether (sulfide) groups is 1. The molecule has 1 aromatic rings. The second-order valence-corrected chi connectivity index (χ2v) is 4.09. The van der Waals surface area contributed by atoms with Crippen molar-refractivity contribution in [2.45, 2.75) is 32.0 Å². The third kappa shape index (κ3) is 3.37. The molecule has 0 radical (unpaired) electrons. The highest BCUT2D eigenvalue weighted by Gasteiger charge is 2.06. The van der Waals surface area contributed by atoms with Gasteiger partial charge in [-0.25, -0.2) is 0 Å². The Morgan fingerprint density at radius 3 is 2.64 bits per heavy atom. The van der Waals surface area contributed by atoms with Gasteiger partial charge < -0.3 is 10.5 Å². The minimum absolute atomic E-state index is 0.0382. The summed E-state index contributed by atoms with van der Waals surface area (Å²) in [5, 5.41) is 0.607. The lowest BCUT2D eigenvalue weighted by Crippen LogP contribution is -2.10. The van der Waals surface area contributed by atoms with Crippen LogP contribution in [0.25, 0.3) is 0 Å². The summed E-state index contributed by atoms with van der Waals surface area (Å²) in [5.74, 6) is 1.09. The third-order valence-corrected chi connectivity index (χ3v) is 1.96. The van der Waals surface area contributed by atoms with Crippen molar-refractivity contribution in [1.82, 2.24) is 15.0 Å². The molecule has 0 amide bonds. The first-order valence-corrected chi connectivity index (χ1v) is 5.41. The molecule has 0 aliphatic heterocycles. The molecule has 78 valence electrons. The summed E-state index contributed by atoms with van der Waals surface area (Å²) in [6, 6.07) is 0.295. The average Bonchev–Trinajstić information content (AvgIpc) is 2.01. The van der Waals surface area contributed by atoms with Crippen molar-refractivity contribution >= 4 is 17.7 Å². The Kier molecular flexibility index (Phi) is 3.94. The molecule has 2 N–H and O–H groups in total. The van der Waals surface area contributed by atoms with Crippen LogP contribution in [0.3, 0.4) is 0 Å². The largest absolute Gasteiger partial charge is 0.461 e. The van der Waals surface area contributed by atoms with Gasteiger partial charge in [0.15, 0.2) is 5.16 Å². The molecule has 0 unspecified atom stereocenters. The first-order chi connectivity index (χ1) is 6.61. The highest BCUT2D eigenvalue weighted by Crippen LogP contribution is 2.16. The fourth-order valence-electron chi connectivity index (χ4n) is 0.810. The second-order valence-electron chi connectivity index (χ2n) is 2.86. The van der Waals surface area contributed by atoms with Crippen molar-refractivity contribution in [3.05, 3.63) is 0 Å². The normalized spacial score (nSPS) is 10.6. The molecule has 0 saturated carbocycles. The molecule has 6 heteroatoms. The monoisotopic (exact) mass is 214 g/mol. The Labute approximate surface area is 87.5 Å². The standard InChI is InChI=1S/C8H14N4OS/c1-4-14-8-11-6(9)10-7(12-8)13-5(2)3/h5H,4H2,1-3H3,(H2,9,10,11,12). The van der Waals surface area contributed by atoms with Gasteiger partial charge in [0, 0.05) is 0 Å². The summed E-state index contributed by atoms with van der Waals surface area (Å²) in [7, 11) is 0. The van der Waals surface area contributed by atoms with Gasteiger partial charge in [0.2, 0.25) is 5.95 Å². The first-order valence-electron chi connectivity index (χ1n) is 4.42. The van der Waals surface area contributed by atoms with Crippen LogP contribution in [0.4, 0.5) is 5.95 Å². The van der Waals surface area contributed by atoms with Crippen LogP contribution in [0, 0.1) is 0 Å². The quantitative estimate of drug-likeness (QED) is 0.763. The number of hydrogen-bond donors (Lipinski definition) is 1. The summed E-state index contributed by atoms with van der Waals surface area (Å²) < 4.78 is 5.33. The zero-order chi connectivity index (χ0) is 10.6.